The fourth-order valence-corrected chi connectivity index (χ4v) is 1.72. The van der Waals surface area contributed by atoms with Crippen LogP contribution >= 0.6 is 0 Å². The molecule has 0 spiro atoms. The van der Waals surface area contributed by atoms with Gasteiger partial charge in [-0.25, -0.2) is 4.39 Å². The molecule has 3 nitrogen and oxygen atoms in total. The van der Waals surface area contributed by atoms with E-state index in [2.05, 4.69) is 10.3 Å². The van der Waals surface area contributed by atoms with Crippen molar-refractivity contribution >= 4 is 5.69 Å². The van der Waals surface area contributed by atoms with Gasteiger partial charge in [0.25, 0.3) is 0 Å². The summed E-state index contributed by atoms with van der Waals surface area (Å²) >= 11 is 0. The van der Waals surface area contributed by atoms with Crippen molar-refractivity contribution in [1.82, 2.24) is 4.98 Å². The van der Waals surface area contributed by atoms with Crippen LogP contribution in [0.15, 0.2) is 42.6 Å². The lowest BCUT2D eigenvalue weighted by molar-refractivity contribution is 0.224. The summed E-state index contributed by atoms with van der Waals surface area (Å²) in [5.41, 5.74) is 1.93. The number of anilines is 1. The molecule has 0 fully saturated rings. The van der Waals surface area contributed by atoms with Crippen LogP contribution in [-0.4, -0.2) is 17.6 Å². The smallest absolute Gasteiger partial charge is 0.165 e. The van der Waals surface area contributed by atoms with Gasteiger partial charge in [0.1, 0.15) is 6.10 Å². The molecule has 4 heteroatoms. The Morgan fingerprint density at radius 2 is 2.11 bits per heavy atom. The molecule has 100 valence electrons. The Labute approximate surface area is 112 Å². The topological polar surface area (TPSA) is 34.1 Å². The lowest BCUT2D eigenvalue weighted by Crippen LogP contribution is -2.23. The van der Waals surface area contributed by atoms with Crippen LogP contribution in [0.2, 0.25) is 0 Å². The third kappa shape index (κ3) is 3.95. The monoisotopic (exact) mass is 260 g/mol. The Kier molecular flexibility index (Phi) is 4.34. The van der Waals surface area contributed by atoms with Gasteiger partial charge in [0.2, 0.25) is 0 Å². The number of aromatic nitrogens is 1. The van der Waals surface area contributed by atoms with Gasteiger partial charge in [-0.3, -0.25) is 4.98 Å². The molecule has 2 aromatic rings. The Hall–Kier alpha value is -2.10. The van der Waals surface area contributed by atoms with Crippen molar-refractivity contribution < 1.29 is 9.13 Å². The number of halogens is 1. The zero-order valence-electron chi connectivity index (χ0n) is 11.1. The van der Waals surface area contributed by atoms with Crippen molar-refractivity contribution in [1.29, 1.82) is 0 Å². The minimum atomic E-state index is -0.339. The quantitative estimate of drug-likeness (QED) is 0.894. The molecular formula is C15H17FN2O. The molecule has 1 aromatic heterocycles. The first-order chi connectivity index (χ1) is 9.15. The molecule has 1 heterocycles. The van der Waals surface area contributed by atoms with Crippen LogP contribution < -0.4 is 10.1 Å². The first-order valence-electron chi connectivity index (χ1n) is 6.23. The van der Waals surface area contributed by atoms with Gasteiger partial charge in [-0.2, -0.15) is 0 Å². The molecular weight excluding hydrogens is 243 g/mol. The lowest BCUT2D eigenvalue weighted by Gasteiger charge is -2.16. The molecule has 0 amide bonds. The highest BCUT2D eigenvalue weighted by Crippen LogP contribution is 2.17. The first-order valence-corrected chi connectivity index (χ1v) is 6.23. The van der Waals surface area contributed by atoms with Crippen molar-refractivity contribution in [2.24, 2.45) is 0 Å². The van der Waals surface area contributed by atoms with Gasteiger partial charge in [0.15, 0.2) is 11.6 Å². The number of benzene rings is 1. The van der Waals surface area contributed by atoms with Gasteiger partial charge in [-0.15, -0.1) is 0 Å². The Morgan fingerprint density at radius 1 is 1.32 bits per heavy atom. The fourth-order valence-electron chi connectivity index (χ4n) is 1.72. The minimum Gasteiger partial charge on any atom is -0.486 e. The number of nitrogens with one attached hydrogen (secondary N) is 1. The first kappa shape index (κ1) is 13.3. The second-order valence-electron chi connectivity index (χ2n) is 4.43. The zero-order valence-corrected chi connectivity index (χ0v) is 11.1. The minimum absolute atomic E-state index is 0.134. The number of ether oxygens (including phenoxy) is 1. The van der Waals surface area contributed by atoms with E-state index in [-0.39, 0.29) is 17.7 Å². The highest BCUT2D eigenvalue weighted by Gasteiger charge is 2.07. The molecule has 0 aliphatic carbocycles. The van der Waals surface area contributed by atoms with Gasteiger partial charge in [-0.05, 0) is 38.1 Å². The number of hydrogen-bond acceptors (Lipinski definition) is 3. The lowest BCUT2D eigenvalue weighted by atomic mass is 10.3. The van der Waals surface area contributed by atoms with Gasteiger partial charge < -0.3 is 10.1 Å². The van der Waals surface area contributed by atoms with Gasteiger partial charge in [0, 0.05) is 17.6 Å². The molecule has 1 unspecified atom stereocenters. The van der Waals surface area contributed by atoms with Crippen molar-refractivity contribution in [3.63, 3.8) is 0 Å². The summed E-state index contributed by atoms with van der Waals surface area (Å²) in [6, 6.07) is 10.3. The Balaban J connectivity index is 1.88. The summed E-state index contributed by atoms with van der Waals surface area (Å²) in [6.45, 7) is 4.43. The van der Waals surface area contributed by atoms with Crippen LogP contribution in [0, 0.1) is 12.7 Å². The van der Waals surface area contributed by atoms with E-state index in [1.807, 2.05) is 26.0 Å². The van der Waals surface area contributed by atoms with Crippen molar-refractivity contribution in [3.05, 3.63) is 54.1 Å². The second-order valence-corrected chi connectivity index (χ2v) is 4.43. The van der Waals surface area contributed by atoms with Gasteiger partial charge in [0.05, 0.1) is 6.54 Å². The zero-order chi connectivity index (χ0) is 13.7. The standard InChI is InChI=1S/C15H17FN2O/c1-11-9-13(7-8-17-11)18-10-12(2)19-15-6-4-3-5-14(15)16/h3-9,12H,10H2,1-2H3,(H,17,18). The maximum Gasteiger partial charge on any atom is 0.165 e. The van der Waals surface area contributed by atoms with Crippen LogP contribution in [-0.2, 0) is 0 Å². The highest BCUT2D eigenvalue weighted by atomic mass is 19.1. The van der Waals surface area contributed by atoms with E-state index in [9.17, 15) is 4.39 Å². The van der Waals surface area contributed by atoms with E-state index in [1.54, 1.807) is 24.4 Å². The highest BCUT2D eigenvalue weighted by molar-refractivity contribution is 5.43. The maximum atomic E-state index is 13.4. The number of aryl methyl sites for hydroxylation is 1. The molecule has 1 aromatic carbocycles. The van der Waals surface area contributed by atoms with Crippen molar-refractivity contribution in [2.75, 3.05) is 11.9 Å². The summed E-state index contributed by atoms with van der Waals surface area (Å²) in [7, 11) is 0. The Morgan fingerprint density at radius 3 is 2.84 bits per heavy atom. The van der Waals surface area contributed by atoms with Crippen molar-refractivity contribution in [2.45, 2.75) is 20.0 Å². The third-order valence-corrected chi connectivity index (χ3v) is 2.66. The fraction of sp³-hybridized carbons (Fsp3) is 0.267. The molecule has 0 bridgehead atoms. The molecule has 0 aliphatic heterocycles. The normalized spacial score (nSPS) is 11.9. The van der Waals surface area contributed by atoms with Crippen LogP contribution in [0.4, 0.5) is 10.1 Å². The summed E-state index contributed by atoms with van der Waals surface area (Å²) < 4.78 is 19.0. The molecule has 1 N–H and O–H groups in total. The largest absolute Gasteiger partial charge is 0.486 e. The number of pyridine rings is 1. The second kappa shape index (κ2) is 6.18. The molecule has 0 saturated carbocycles. The van der Waals surface area contributed by atoms with E-state index in [0.717, 1.165) is 11.4 Å². The SMILES string of the molecule is Cc1cc(NCC(C)Oc2ccccc2F)ccn1. The summed E-state index contributed by atoms with van der Waals surface area (Å²) in [4.78, 5) is 4.13. The predicted molar refractivity (Wildman–Crippen MR) is 74.0 cm³/mol. The average molecular weight is 260 g/mol. The molecule has 0 radical (unpaired) electrons. The van der Waals surface area contributed by atoms with Crippen molar-refractivity contribution in [3.8, 4) is 5.75 Å². The van der Waals surface area contributed by atoms with Crippen LogP contribution in [0.3, 0.4) is 0 Å². The molecule has 1 atom stereocenters. The number of nitrogens with zero attached hydrogens (tertiary/aromatic N) is 1. The van der Waals surface area contributed by atoms with E-state index in [4.69, 9.17) is 4.74 Å². The number of para-hydroxylation sites is 1. The summed E-state index contributed by atoms with van der Waals surface area (Å²) in [5.74, 6) is -0.0585. The van der Waals surface area contributed by atoms with Crippen LogP contribution in [0.5, 0.6) is 5.75 Å². The maximum absolute atomic E-state index is 13.4. The predicted octanol–water partition coefficient (Wildman–Crippen LogP) is 3.41. The summed E-state index contributed by atoms with van der Waals surface area (Å²) in [5, 5.41) is 3.24. The van der Waals surface area contributed by atoms with Gasteiger partial charge >= 0.3 is 0 Å². The van der Waals surface area contributed by atoms with E-state index < -0.39 is 0 Å². The average Bonchev–Trinajstić information content (AvgIpc) is 2.39. The van der Waals surface area contributed by atoms with E-state index in [0.29, 0.717) is 6.54 Å². The number of hydrogen-bond donors (Lipinski definition) is 1. The van der Waals surface area contributed by atoms with Crippen LogP contribution in [0.25, 0.3) is 0 Å². The van der Waals surface area contributed by atoms with Gasteiger partial charge in [-0.1, -0.05) is 12.1 Å². The van der Waals surface area contributed by atoms with E-state index >= 15 is 0 Å². The Bertz CT molecular complexity index is 545. The number of rotatable bonds is 5. The van der Waals surface area contributed by atoms with E-state index in [1.165, 1.54) is 6.07 Å². The van der Waals surface area contributed by atoms with Crippen LogP contribution in [0.1, 0.15) is 12.6 Å². The summed E-state index contributed by atoms with van der Waals surface area (Å²) in [6.07, 6.45) is 1.62. The molecule has 19 heavy (non-hydrogen) atoms. The third-order valence-electron chi connectivity index (χ3n) is 2.66. The molecule has 0 aliphatic rings. The molecule has 2 rings (SSSR count). The molecule has 0 saturated heterocycles.